The van der Waals surface area contributed by atoms with Crippen LogP contribution in [0.25, 0.3) is 11.1 Å². The molecule has 8 heteroatoms. The van der Waals surface area contributed by atoms with E-state index in [2.05, 4.69) is 5.32 Å². The van der Waals surface area contributed by atoms with Gasteiger partial charge in [-0.05, 0) is 31.2 Å². The van der Waals surface area contributed by atoms with Crippen molar-refractivity contribution in [3.05, 3.63) is 65.1 Å². The highest BCUT2D eigenvalue weighted by atomic mass is 16.4. The molecule has 0 aliphatic carbocycles. The first kappa shape index (κ1) is 18.8. The Hall–Kier alpha value is -3.55. The summed E-state index contributed by atoms with van der Waals surface area (Å²) in [4.78, 5) is 41.0. The predicted octanol–water partition coefficient (Wildman–Crippen LogP) is 2.53. The lowest BCUT2D eigenvalue weighted by molar-refractivity contribution is -0.135. The van der Waals surface area contributed by atoms with E-state index in [4.69, 9.17) is 4.42 Å². The van der Waals surface area contributed by atoms with Gasteiger partial charge in [0.25, 0.3) is 0 Å². The van der Waals surface area contributed by atoms with Crippen molar-refractivity contribution in [3.63, 3.8) is 0 Å². The van der Waals surface area contributed by atoms with Gasteiger partial charge in [0.05, 0.1) is 5.52 Å². The van der Waals surface area contributed by atoms with Crippen LogP contribution in [-0.2, 0) is 4.79 Å². The summed E-state index contributed by atoms with van der Waals surface area (Å²) in [5.74, 6) is -0.713. The summed E-state index contributed by atoms with van der Waals surface area (Å²) in [6.45, 7) is 3.38. The van der Waals surface area contributed by atoms with Gasteiger partial charge in [-0.25, -0.2) is 9.59 Å². The fourth-order valence-corrected chi connectivity index (χ4v) is 3.58. The van der Waals surface area contributed by atoms with Gasteiger partial charge in [0.2, 0.25) is 5.91 Å². The van der Waals surface area contributed by atoms with E-state index in [-0.39, 0.29) is 11.9 Å². The molecular weight excluding hydrogens is 372 g/mol. The Morgan fingerprint density at radius 2 is 1.55 bits per heavy atom. The molecule has 2 aromatic carbocycles. The van der Waals surface area contributed by atoms with Crippen LogP contribution in [0.1, 0.15) is 13.0 Å². The maximum Gasteiger partial charge on any atom is 0.420 e. The van der Waals surface area contributed by atoms with Crippen molar-refractivity contribution >= 4 is 28.7 Å². The number of urea groups is 1. The van der Waals surface area contributed by atoms with Crippen molar-refractivity contribution in [2.75, 3.05) is 31.5 Å². The fraction of sp³-hybridized carbons (Fsp3) is 0.286. The summed E-state index contributed by atoms with van der Waals surface area (Å²) in [5.41, 5.74) is 1.79. The molecule has 150 valence electrons. The zero-order valence-electron chi connectivity index (χ0n) is 16.1. The molecule has 2 heterocycles. The second kappa shape index (κ2) is 7.83. The molecule has 3 amide bonds. The highest BCUT2D eigenvalue weighted by molar-refractivity contribution is 5.89. The van der Waals surface area contributed by atoms with Crippen molar-refractivity contribution in [3.8, 4) is 0 Å². The molecule has 29 heavy (non-hydrogen) atoms. The number of benzene rings is 2. The lowest BCUT2D eigenvalue weighted by Crippen LogP contribution is -2.53. The zero-order valence-corrected chi connectivity index (χ0v) is 16.1. The Morgan fingerprint density at radius 3 is 2.28 bits per heavy atom. The summed E-state index contributed by atoms with van der Waals surface area (Å²) in [6.07, 6.45) is 0. The van der Waals surface area contributed by atoms with Crippen LogP contribution in [0.5, 0.6) is 0 Å². The van der Waals surface area contributed by atoms with Gasteiger partial charge < -0.3 is 19.5 Å². The number of carbonyl (C=O) groups is 2. The Kier molecular flexibility index (Phi) is 5.07. The van der Waals surface area contributed by atoms with Gasteiger partial charge in [0.15, 0.2) is 5.58 Å². The quantitative estimate of drug-likeness (QED) is 0.739. The van der Waals surface area contributed by atoms with Crippen LogP contribution in [0.15, 0.2) is 63.8 Å². The van der Waals surface area contributed by atoms with Crippen LogP contribution in [0.3, 0.4) is 0 Å². The predicted molar refractivity (Wildman–Crippen MR) is 109 cm³/mol. The van der Waals surface area contributed by atoms with E-state index in [0.29, 0.717) is 37.3 Å². The van der Waals surface area contributed by atoms with Crippen LogP contribution in [0.4, 0.5) is 10.5 Å². The van der Waals surface area contributed by atoms with Crippen LogP contribution >= 0.6 is 0 Å². The smallest absolute Gasteiger partial charge is 0.408 e. The Labute approximate surface area is 167 Å². The van der Waals surface area contributed by atoms with Crippen molar-refractivity contribution in [2.45, 2.75) is 13.0 Å². The highest BCUT2D eigenvalue weighted by Crippen LogP contribution is 2.19. The van der Waals surface area contributed by atoms with Crippen molar-refractivity contribution in [1.29, 1.82) is 0 Å². The molecular formula is C21H22N4O4. The molecule has 0 bridgehead atoms. The normalized spacial score (nSPS) is 15.3. The number of fused-ring (bicyclic) bond motifs is 1. The molecule has 4 rings (SSSR count). The molecule has 1 aliphatic rings. The third-order valence-electron chi connectivity index (χ3n) is 5.17. The van der Waals surface area contributed by atoms with Gasteiger partial charge in [0.1, 0.15) is 6.04 Å². The molecule has 8 nitrogen and oxygen atoms in total. The minimum Gasteiger partial charge on any atom is -0.408 e. The molecule has 1 atom stereocenters. The SMILES string of the molecule is C[C@H](C(=O)N1CCN(C(=O)Nc2ccccc2)CC1)n1c(=O)oc2ccccc21. The number of nitrogens with one attached hydrogen (secondary N) is 1. The number of oxazole rings is 1. The van der Waals surface area contributed by atoms with E-state index < -0.39 is 11.8 Å². The minimum absolute atomic E-state index is 0.165. The van der Waals surface area contributed by atoms with Crippen LogP contribution in [0, 0.1) is 0 Å². The van der Waals surface area contributed by atoms with Crippen LogP contribution < -0.4 is 11.1 Å². The van der Waals surface area contributed by atoms with Gasteiger partial charge in [-0.2, -0.15) is 0 Å². The first-order valence-electron chi connectivity index (χ1n) is 9.54. The summed E-state index contributed by atoms with van der Waals surface area (Å²) in [6, 6.07) is 15.4. The van der Waals surface area contributed by atoms with E-state index in [1.54, 1.807) is 41.0 Å². The summed E-state index contributed by atoms with van der Waals surface area (Å²) >= 11 is 0. The summed E-state index contributed by atoms with van der Waals surface area (Å²) < 4.78 is 6.62. The molecule has 3 aromatic rings. The molecule has 0 spiro atoms. The Morgan fingerprint density at radius 1 is 0.931 bits per heavy atom. The van der Waals surface area contributed by atoms with Crippen molar-refractivity contribution in [2.24, 2.45) is 0 Å². The van der Waals surface area contributed by atoms with E-state index >= 15 is 0 Å². The first-order chi connectivity index (χ1) is 14.0. The van der Waals surface area contributed by atoms with Crippen LogP contribution in [-0.4, -0.2) is 52.5 Å². The maximum atomic E-state index is 13.0. The maximum absolute atomic E-state index is 13.0. The third-order valence-corrected chi connectivity index (χ3v) is 5.17. The lowest BCUT2D eigenvalue weighted by atomic mass is 10.2. The second-order valence-corrected chi connectivity index (χ2v) is 6.99. The van der Waals surface area contributed by atoms with Gasteiger partial charge in [-0.15, -0.1) is 0 Å². The highest BCUT2D eigenvalue weighted by Gasteiger charge is 2.29. The van der Waals surface area contributed by atoms with Gasteiger partial charge in [-0.1, -0.05) is 30.3 Å². The average molecular weight is 394 g/mol. The number of hydrogen-bond donors (Lipinski definition) is 1. The molecule has 1 saturated heterocycles. The monoisotopic (exact) mass is 394 g/mol. The number of para-hydroxylation sites is 3. The summed E-state index contributed by atoms with van der Waals surface area (Å²) in [7, 11) is 0. The number of amides is 3. The standard InChI is InChI=1S/C21H22N4O4/c1-15(25-17-9-5-6-10-18(17)29-21(25)28)19(26)23-11-13-24(14-12-23)20(27)22-16-7-3-2-4-8-16/h2-10,15H,11-14H2,1H3,(H,22,27)/t15-/m1/s1. The molecule has 1 fully saturated rings. The number of anilines is 1. The molecule has 0 radical (unpaired) electrons. The molecule has 0 saturated carbocycles. The zero-order chi connectivity index (χ0) is 20.4. The van der Waals surface area contributed by atoms with Gasteiger partial charge in [0, 0.05) is 31.9 Å². The first-order valence-corrected chi connectivity index (χ1v) is 9.54. The average Bonchev–Trinajstić information content (AvgIpc) is 3.09. The molecule has 1 aliphatic heterocycles. The van der Waals surface area contributed by atoms with E-state index in [1.165, 1.54) is 4.57 Å². The number of piperazine rings is 1. The molecule has 0 unspecified atom stereocenters. The third kappa shape index (κ3) is 3.73. The fourth-order valence-electron chi connectivity index (χ4n) is 3.58. The number of rotatable bonds is 3. The Balaban J connectivity index is 1.40. The summed E-state index contributed by atoms with van der Waals surface area (Å²) in [5, 5.41) is 2.85. The topological polar surface area (TPSA) is 87.8 Å². The van der Waals surface area contributed by atoms with Crippen molar-refractivity contribution < 1.29 is 14.0 Å². The van der Waals surface area contributed by atoms with Gasteiger partial charge >= 0.3 is 11.8 Å². The van der Waals surface area contributed by atoms with E-state index in [1.807, 2.05) is 30.3 Å². The number of aromatic nitrogens is 1. The number of nitrogens with zero attached hydrogens (tertiary/aromatic N) is 3. The minimum atomic E-state index is -0.684. The van der Waals surface area contributed by atoms with E-state index in [9.17, 15) is 14.4 Å². The largest absolute Gasteiger partial charge is 0.420 e. The van der Waals surface area contributed by atoms with Gasteiger partial charge in [-0.3, -0.25) is 9.36 Å². The number of carbonyl (C=O) groups excluding carboxylic acids is 2. The molecule has 1 N–H and O–H groups in total. The lowest BCUT2D eigenvalue weighted by Gasteiger charge is -2.36. The van der Waals surface area contributed by atoms with Crippen LogP contribution in [0.2, 0.25) is 0 Å². The number of hydrogen-bond acceptors (Lipinski definition) is 4. The van der Waals surface area contributed by atoms with E-state index in [0.717, 1.165) is 5.69 Å². The van der Waals surface area contributed by atoms with Crippen molar-refractivity contribution in [1.82, 2.24) is 14.4 Å². The Bertz CT molecular complexity index is 1080. The second-order valence-electron chi connectivity index (χ2n) is 6.99. The molecule has 1 aromatic heterocycles.